The highest BCUT2D eigenvalue weighted by molar-refractivity contribution is 5.92. The number of rotatable bonds is 21. The number of unbranched alkanes of at least 4 members (excludes halogenated alkanes) is 10. The summed E-state index contributed by atoms with van der Waals surface area (Å²) in [6.07, 6.45) is 14.9. The second kappa shape index (κ2) is 20.9. The Labute approximate surface area is 273 Å². The van der Waals surface area contributed by atoms with Crippen molar-refractivity contribution < 1.29 is 28.2 Å². The number of hydrogen-bond acceptors (Lipinski definition) is 7. The minimum Gasteiger partial charge on any atom is -0.494 e. The Morgan fingerprint density at radius 2 is 1.22 bits per heavy atom. The van der Waals surface area contributed by atoms with Gasteiger partial charge in [0.15, 0.2) is 11.6 Å². The Kier molecular flexibility index (Phi) is 16.5. The van der Waals surface area contributed by atoms with Crippen molar-refractivity contribution in [1.29, 1.82) is 0 Å². The van der Waals surface area contributed by atoms with Crippen molar-refractivity contribution in [2.45, 2.75) is 110 Å². The molecule has 0 spiro atoms. The largest absolute Gasteiger partial charge is 0.494 e. The van der Waals surface area contributed by atoms with Crippen LogP contribution in [0.2, 0.25) is 0 Å². The number of ether oxygens (including phenoxy) is 3. The number of hydrogen-bond donors (Lipinski definition) is 0. The Morgan fingerprint density at radius 3 is 1.83 bits per heavy atom. The molecule has 3 aromatic rings. The minimum absolute atomic E-state index is 0.0633. The first kappa shape index (κ1) is 36.4. The van der Waals surface area contributed by atoms with E-state index in [0.717, 1.165) is 50.3 Å². The predicted molar refractivity (Wildman–Crippen MR) is 180 cm³/mol. The molecule has 3 rings (SSSR count). The van der Waals surface area contributed by atoms with Crippen molar-refractivity contribution in [3.63, 3.8) is 0 Å². The van der Waals surface area contributed by atoms with E-state index in [1.807, 2.05) is 31.2 Å². The van der Waals surface area contributed by atoms with E-state index in [4.69, 9.17) is 14.2 Å². The van der Waals surface area contributed by atoms with E-state index in [2.05, 4.69) is 24.1 Å². The average molecular weight is 633 g/mol. The molecule has 0 unspecified atom stereocenters. The Balaban J connectivity index is 1.42. The van der Waals surface area contributed by atoms with E-state index in [1.165, 1.54) is 69.2 Å². The van der Waals surface area contributed by atoms with Gasteiger partial charge in [0.2, 0.25) is 0 Å². The number of nitrogens with zero attached hydrogens (tertiary/aromatic N) is 2. The van der Waals surface area contributed by atoms with Crippen LogP contribution < -0.4 is 9.47 Å². The van der Waals surface area contributed by atoms with E-state index in [1.54, 1.807) is 12.1 Å². The van der Waals surface area contributed by atoms with Gasteiger partial charge in [0.1, 0.15) is 5.75 Å². The van der Waals surface area contributed by atoms with Crippen molar-refractivity contribution in [3.05, 3.63) is 83.7 Å². The summed E-state index contributed by atoms with van der Waals surface area (Å²) in [7, 11) is 0. The van der Waals surface area contributed by atoms with Gasteiger partial charge in [-0.15, -0.1) is 0 Å². The normalized spacial score (nSPS) is 11.8. The SMILES string of the molecule is CCCCCCCCCCOc1ccc(N=Nc2ccc(C(=O)Oc3ccc(C(=O)O[C@@H](C)CCCCCC)cc3F)cc2)cc1. The van der Waals surface area contributed by atoms with Crippen molar-refractivity contribution in [1.82, 2.24) is 0 Å². The lowest BCUT2D eigenvalue weighted by Gasteiger charge is -2.13. The van der Waals surface area contributed by atoms with Crippen LogP contribution in [-0.2, 0) is 4.74 Å². The summed E-state index contributed by atoms with van der Waals surface area (Å²) in [5.74, 6) is -1.64. The fourth-order valence-electron chi connectivity index (χ4n) is 4.85. The van der Waals surface area contributed by atoms with Crippen LogP contribution in [0.4, 0.5) is 15.8 Å². The zero-order chi connectivity index (χ0) is 33.0. The third-order valence-corrected chi connectivity index (χ3v) is 7.63. The number of azo groups is 1. The zero-order valence-corrected chi connectivity index (χ0v) is 27.6. The Morgan fingerprint density at radius 1 is 0.674 bits per heavy atom. The Hall–Kier alpha value is -4.07. The molecule has 1 atom stereocenters. The molecule has 0 fully saturated rings. The van der Waals surface area contributed by atoms with Gasteiger partial charge in [-0.05, 0) is 92.9 Å². The molecular formula is C38H49FN2O5. The summed E-state index contributed by atoms with van der Waals surface area (Å²) in [4.78, 5) is 25.0. The van der Waals surface area contributed by atoms with Gasteiger partial charge in [-0.25, -0.2) is 14.0 Å². The third-order valence-electron chi connectivity index (χ3n) is 7.63. The molecular weight excluding hydrogens is 583 g/mol. The van der Waals surface area contributed by atoms with Gasteiger partial charge in [-0.1, -0.05) is 78.1 Å². The third kappa shape index (κ3) is 13.5. The fraction of sp³-hybridized carbons (Fsp3) is 0.474. The van der Waals surface area contributed by atoms with Crippen LogP contribution in [-0.4, -0.2) is 24.6 Å². The van der Waals surface area contributed by atoms with E-state index in [0.29, 0.717) is 18.0 Å². The van der Waals surface area contributed by atoms with Crippen molar-refractivity contribution in [3.8, 4) is 11.5 Å². The number of halogens is 1. The molecule has 0 aliphatic heterocycles. The van der Waals surface area contributed by atoms with E-state index >= 15 is 0 Å². The topological polar surface area (TPSA) is 86.5 Å². The lowest BCUT2D eigenvalue weighted by Crippen LogP contribution is -2.15. The van der Waals surface area contributed by atoms with E-state index in [9.17, 15) is 14.0 Å². The van der Waals surface area contributed by atoms with Crippen molar-refractivity contribution in [2.75, 3.05) is 6.61 Å². The maximum absolute atomic E-state index is 14.7. The number of esters is 2. The average Bonchev–Trinajstić information content (AvgIpc) is 3.06. The minimum atomic E-state index is -0.826. The summed E-state index contributed by atoms with van der Waals surface area (Å²) in [5.41, 5.74) is 1.50. The monoisotopic (exact) mass is 632 g/mol. The van der Waals surface area contributed by atoms with Gasteiger partial charge >= 0.3 is 11.9 Å². The summed E-state index contributed by atoms with van der Waals surface area (Å²) >= 11 is 0. The highest BCUT2D eigenvalue weighted by Crippen LogP contribution is 2.24. The van der Waals surface area contributed by atoms with Gasteiger partial charge in [-0.2, -0.15) is 10.2 Å². The predicted octanol–water partition coefficient (Wildman–Crippen LogP) is 11.5. The molecule has 46 heavy (non-hydrogen) atoms. The van der Waals surface area contributed by atoms with Crippen molar-refractivity contribution >= 4 is 23.3 Å². The van der Waals surface area contributed by atoms with Crippen molar-refractivity contribution in [2.24, 2.45) is 10.2 Å². The molecule has 7 nitrogen and oxygen atoms in total. The maximum Gasteiger partial charge on any atom is 0.343 e. The van der Waals surface area contributed by atoms with Crippen LogP contribution in [0.25, 0.3) is 0 Å². The molecule has 0 N–H and O–H groups in total. The number of benzene rings is 3. The van der Waals surface area contributed by atoms with Crippen LogP contribution in [0.5, 0.6) is 11.5 Å². The lowest BCUT2D eigenvalue weighted by atomic mass is 10.1. The highest BCUT2D eigenvalue weighted by atomic mass is 19.1. The second-order valence-electron chi connectivity index (χ2n) is 11.7. The van der Waals surface area contributed by atoms with Crippen LogP contribution >= 0.6 is 0 Å². The molecule has 0 aliphatic rings. The van der Waals surface area contributed by atoms with Gasteiger partial charge in [0, 0.05) is 0 Å². The van der Waals surface area contributed by atoms with Gasteiger partial charge in [0.05, 0.1) is 35.2 Å². The summed E-state index contributed by atoms with van der Waals surface area (Å²) in [5, 5.41) is 8.48. The van der Waals surface area contributed by atoms with Gasteiger partial charge in [0.25, 0.3) is 0 Å². The molecule has 0 saturated heterocycles. The number of carbonyl (C=O) groups excluding carboxylic acids is 2. The zero-order valence-electron chi connectivity index (χ0n) is 27.6. The molecule has 0 aliphatic carbocycles. The molecule has 3 aromatic carbocycles. The first-order chi connectivity index (χ1) is 22.4. The molecule has 0 heterocycles. The van der Waals surface area contributed by atoms with Crippen LogP contribution in [0.1, 0.15) is 125 Å². The molecule has 0 saturated carbocycles. The summed E-state index contributed by atoms with van der Waals surface area (Å²) in [6.45, 7) is 6.91. The molecule has 0 amide bonds. The van der Waals surface area contributed by atoms with Crippen LogP contribution in [0.15, 0.2) is 77.0 Å². The molecule has 0 bridgehead atoms. The van der Waals surface area contributed by atoms with E-state index < -0.39 is 17.8 Å². The van der Waals surface area contributed by atoms with Crippen LogP contribution in [0.3, 0.4) is 0 Å². The standard InChI is InChI=1S/C38H49FN2O5/c1-4-6-8-10-11-12-13-15-27-44-34-24-22-33(23-25-34)41-40-32-20-17-30(18-21-32)37(42)46-36-26-19-31(28-35(36)39)38(43)45-29(3)16-14-9-7-5-2/h17-26,28-29H,4-16,27H2,1-3H3/t29-/m0/s1. The molecule has 248 valence electrons. The van der Waals surface area contributed by atoms with Gasteiger partial charge in [-0.3, -0.25) is 0 Å². The second-order valence-corrected chi connectivity index (χ2v) is 11.7. The smallest absolute Gasteiger partial charge is 0.343 e. The highest BCUT2D eigenvalue weighted by Gasteiger charge is 2.17. The fourth-order valence-corrected chi connectivity index (χ4v) is 4.85. The van der Waals surface area contributed by atoms with E-state index in [-0.39, 0.29) is 23.0 Å². The first-order valence-electron chi connectivity index (χ1n) is 16.9. The Bertz CT molecular complexity index is 1360. The molecule has 0 radical (unpaired) electrons. The summed E-state index contributed by atoms with van der Waals surface area (Å²) in [6, 6.07) is 17.4. The first-order valence-corrected chi connectivity index (χ1v) is 16.9. The molecule has 0 aromatic heterocycles. The summed E-state index contributed by atoms with van der Waals surface area (Å²) < 4.78 is 31.2. The number of carbonyl (C=O) groups is 2. The quantitative estimate of drug-likeness (QED) is 0.0505. The molecule has 8 heteroatoms. The maximum atomic E-state index is 14.7. The van der Waals surface area contributed by atoms with Crippen LogP contribution in [0, 0.1) is 5.82 Å². The lowest BCUT2D eigenvalue weighted by molar-refractivity contribution is 0.0319. The van der Waals surface area contributed by atoms with Gasteiger partial charge < -0.3 is 14.2 Å².